The van der Waals surface area contributed by atoms with Crippen molar-refractivity contribution in [2.24, 2.45) is 11.1 Å². The highest BCUT2D eigenvalue weighted by Crippen LogP contribution is 2.39. The normalized spacial score (nSPS) is 24.8. The fraction of sp³-hybridized carbons (Fsp3) is 0.625. The molecule has 1 unspecified atom stereocenters. The molecule has 2 heterocycles. The maximum absolute atomic E-state index is 6.10. The molecule has 1 aromatic carbocycles. The highest BCUT2D eigenvalue weighted by atomic mass is 16.5. The minimum atomic E-state index is 0.222. The van der Waals surface area contributed by atoms with Gasteiger partial charge in [-0.3, -0.25) is 0 Å². The van der Waals surface area contributed by atoms with Crippen LogP contribution in [0.3, 0.4) is 0 Å². The smallest absolute Gasteiger partial charge is 0.123 e. The number of ether oxygens (including phenoxy) is 2. The number of rotatable bonds is 3. The number of nitrogens with two attached hydrogens (primary N) is 1. The Bertz CT molecular complexity index is 452. The summed E-state index contributed by atoms with van der Waals surface area (Å²) in [6.45, 7) is 4.56. The van der Waals surface area contributed by atoms with E-state index < -0.39 is 0 Å². The van der Waals surface area contributed by atoms with Gasteiger partial charge in [0.1, 0.15) is 11.9 Å². The molecule has 0 saturated carbocycles. The lowest BCUT2D eigenvalue weighted by Gasteiger charge is -2.37. The van der Waals surface area contributed by atoms with E-state index in [9.17, 15) is 0 Å². The second-order valence-corrected chi connectivity index (χ2v) is 6.08. The number of benzene rings is 1. The molecule has 0 bridgehead atoms. The van der Waals surface area contributed by atoms with Crippen LogP contribution in [-0.2, 0) is 11.2 Å². The minimum Gasteiger partial charge on any atom is -0.490 e. The van der Waals surface area contributed by atoms with Crippen LogP contribution in [0.5, 0.6) is 5.75 Å². The van der Waals surface area contributed by atoms with Crippen LogP contribution < -0.4 is 10.5 Å². The Morgan fingerprint density at radius 3 is 2.84 bits per heavy atom. The van der Waals surface area contributed by atoms with Crippen LogP contribution in [0.15, 0.2) is 18.2 Å². The third-order valence-electron chi connectivity index (χ3n) is 4.60. The van der Waals surface area contributed by atoms with Gasteiger partial charge in [-0.25, -0.2) is 0 Å². The average Bonchev–Trinajstić information content (AvgIpc) is 2.81. The number of hydrogen-bond donors (Lipinski definition) is 1. The lowest BCUT2D eigenvalue weighted by Crippen LogP contribution is -2.40. The van der Waals surface area contributed by atoms with E-state index in [1.54, 1.807) is 0 Å². The van der Waals surface area contributed by atoms with Gasteiger partial charge in [-0.1, -0.05) is 17.7 Å². The van der Waals surface area contributed by atoms with Crippen molar-refractivity contribution in [3.8, 4) is 5.75 Å². The molecule has 2 aliphatic heterocycles. The average molecular weight is 261 g/mol. The fourth-order valence-electron chi connectivity index (χ4n) is 3.34. The van der Waals surface area contributed by atoms with Gasteiger partial charge in [-0.15, -0.1) is 0 Å². The molecule has 0 radical (unpaired) electrons. The zero-order valence-corrected chi connectivity index (χ0v) is 11.7. The monoisotopic (exact) mass is 261 g/mol. The van der Waals surface area contributed by atoms with Crippen molar-refractivity contribution in [1.29, 1.82) is 0 Å². The summed E-state index contributed by atoms with van der Waals surface area (Å²) in [6, 6.07) is 6.46. The summed E-state index contributed by atoms with van der Waals surface area (Å²) in [4.78, 5) is 0. The van der Waals surface area contributed by atoms with Crippen LogP contribution in [0.4, 0.5) is 0 Å². The van der Waals surface area contributed by atoms with E-state index >= 15 is 0 Å². The van der Waals surface area contributed by atoms with Crippen LogP contribution in [0.25, 0.3) is 0 Å². The summed E-state index contributed by atoms with van der Waals surface area (Å²) in [6.07, 6.45) is 4.51. The van der Waals surface area contributed by atoms with Crippen molar-refractivity contribution in [2.75, 3.05) is 19.8 Å². The first-order valence-electron chi connectivity index (χ1n) is 7.25. The number of fused-ring (bicyclic) bond motifs is 1. The molecular formula is C16H23NO2. The van der Waals surface area contributed by atoms with Crippen LogP contribution in [0.1, 0.15) is 30.4 Å². The van der Waals surface area contributed by atoms with Crippen molar-refractivity contribution >= 4 is 0 Å². The Kier molecular flexibility index (Phi) is 3.50. The Hall–Kier alpha value is -1.06. The molecule has 19 heavy (non-hydrogen) atoms. The summed E-state index contributed by atoms with van der Waals surface area (Å²) in [5.41, 5.74) is 8.92. The van der Waals surface area contributed by atoms with Gasteiger partial charge < -0.3 is 15.2 Å². The van der Waals surface area contributed by atoms with Crippen LogP contribution in [0, 0.1) is 12.3 Å². The van der Waals surface area contributed by atoms with Crippen LogP contribution in [-0.4, -0.2) is 25.9 Å². The first-order chi connectivity index (χ1) is 9.21. The van der Waals surface area contributed by atoms with Crippen molar-refractivity contribution in [3.63, 3.8) is 0 Å². The molecular weight excluding hydrogens is 238 g/mol. The standard InChI is InChI=1S/C16H23NO2/c1-12-2-3-15-13(8-12)9-14(19-15)10-16(11-17)4-6-18-7-5-16/h2-3,8,14H,4-7,9-11,17H2,1H3. The van der Waals surface area contributed by atoms with Gasteiger partial charge in [0, 0.05) is 19.6 Å². The van der Waals surface area contributed by atoms with Crippen molar-refractivity contribution in [1.82, 2.24) is 0 Å². The van der Waals surface area contributed by atoms with Gasteiger partial charge in [-0.2, -0.15) is 0 Å². The molecule has 2 aliphatic rings. The van der Waals surface area contributed by atoms with Crippen LogP contribution >= 0.6 is 0 Å². The van der Waals surface area contributed by atoms with E-state index in [4.69, 9.17) is 15.2 Å². The molecule has 1 fully saturated rings. The van der Waals surface area contributed by atoms with Crippen molar-refractivity contribution in [3.05, 3.63) is 29.3 Å². The summed E-state index contributed by atoms with van der Waals surface area (Å²) in [5.74, 6) is 1.06. The highest BCUT2D eigenvalue weighted by molar-refractivity contribution is 5.40. The van der Waals surface area contributed by atoms with E-state index in [-0.39, 0.29) is 5.41 Å². The molecule has 3 nitrogen and oxygen atoms in total. The Labute approximate surface area is 115 Å². The lowest BCUT2D eigenvalue weighted by atomic mass is 9.75. The Balaban J connectivity index is 1.69. The number of aryl methyl sites for hydroxylation is 1. The lowest BCUT2D eigenvalue weighted by molar-refractivity contribution is -0.00168. The third-order valence-corrected chi connectivity index (χ3v) is 4.60. The zero-order chi connectivity index (χ0) is 13.3. The zero-order valence-electron chi connectivity index (χ0n) is 11.7. The predicted octanol–water partition coefficient (Wildman–Crippen LogP) is 2.44. The summed E-state index contributed by atoms with van der Waals surface area (Å²) >= 11 is 0. The topological polar surface area (TPSA) is 44.5 Å². The minimum absolute atomic E-state index is 0.222. The molecule has 3 heteroatoms. The predicted molar refractivity (Wildman–Crippen MR) is 75.5 cm³/mol. The quantitative estimate of drug-likeness (QED) is 0.909. The molecule has 104 valence electrons. The summed E-state index contributed by atoms with van der Waals surface area (Å²) in [7, 11) is 0. The number of hydrogen-bond acceptors (Lipinski definition) is 3. The fourth-order valence-corrected chi connectivity index (χ4v) is 3.34. The molecule has 1 aromatic rings. The van der Waals surface area contributed by atoms with Crippen molar-refractivity contribution < 1.29 is 9.47 Å². The van der Waals surface area contributed by atoms with E-state index in [2.05, 4.69) is 25.1 Å². The van der Waals surface area contributed by atoms with Gasteiger partial charge >= 0.3 is 0 Å². The van der Waals surface area contributed by atoms with Gasteiger partial charge in [0.2, 0.25) is 0 Å². The van der Waals surface area contributed by atoms with Gasteiger partial charge in [-0.05, 0) is 49.8 Å². The second-order valence-electron chi connectivity index (χ2n) is 6.08. The molecule has 3 rings (SSSR count). The Morgan fingerprint density at radius 2 is 2.11 bits per heavy atom. The largest absolute Gasteiger partial charge is 0.490 e. The van der Waals surface area contributed by atoms with Crippen LogP contribution in [0.2, 0.25) is 0 Å². The first kappa shape index (κ1) is 12.9. The van der Waals surface area contributed by atoms with Gasteiger partial charge in [0.25, 0.3) is 0 Å². The van der Waals surface area contributed by atoms with Crippen molar-refractivity contribution in [2.45, 2.75) is 38.7 Å². The maximum atomic E-state index is 6.10. The van der Waals surface area contributed by atoms with E-state index in [1.807, 2.05) is 0 Å². The first-order valence-corrected chi connectivity index (χ1v) is 7.25. The van der Waals surface area contributed by atoms with Gasteiger partial charge in [0.05, 0.1) is 0 Å². The molecule has 1 atom stereocenters. The Morgan fingerprint density at radius 1 is 1.32 bits per heavy atom. The second kappa shape index (κ2) is 5.14. The van der Waals surface area contributed by atoms with E-state index in [0.29, 0.717) is 6.10 Å². The summed E-state index contributed by atoms with van der Waals surface area (Å²) < 4.78 is 11.6. The van der Waals surface area contributed by atoms with E-state index in [1.165, 1.54) is 11.1 Å². The molecule has 0 aliphatic carbocycles. The SMILES string of the molecule is Cc1ccc2c(c1)CC(CC1(CN)CCOCC1)O2. The van der Waals surface area contributed by atoms with E-state index in [0.717, 1.165) is 51.2 Å². The summed E-state index contributed by atoms with van der Waals surface area (Å²) in [5, 5.41) is 0. The molecule has 0 spiro atoms. The molecule has 1 saturated heterocycles. The molecule has 0 aromatic heterocycles. The third kappa shape index (κ3) is 2.63. The molecule has 0 amide bonds. The molecule has 2 N–H and O–H groups in total. The maximum Gasteiger partial charge on any atom is 0.123 e. The highest BCUT2D eigenvalue weighted by Gasteiger charge is 2.36. The van der Waals surface area contributed by atoms with Gasteiger partial charge in [0.15, 0.2) is 0 Å².